The number of phenolic OH excluding ortho intramolecular Hbond substituents is 1. The van der Waals surface area contributed by atoms with Crippen LogP contribution in [0.1, 0.15) is 11.1 Å². The van der Waals surface area contributed by atoms with Crippen LogP contribution in [0.4, 0.5) is 0 Å². The van der Waals surface area contributed by atoms with Crippen LogP contribution in [0.25, 0.3) is 0 Å². The monoisotopic (exact) mass is 261 g/mol. The highest BCUT2D eigenvalue weighted by Crippen LogP contribution is 2.41. The summed E-state index contributed by atoms with van der Waals surface area (Å²) < 4.78 is 11.7. The topological polar surface area (TPSA) is 38.7 Å². The molecule has 2 heterocycles. The van der Waals surface area contributed by atoms with Crippen molar-refractivity contribution in [2.75, 3.05) is 13.2 Å². The van der Waals surface area contributed by atoms with Crippen LogP contribution in [0, 0.1) is 6.42 Å². The van der Waals surface area contributed by atoms with Crippen LogP contribution < -0.4 is 0 Å². The summed E-state index contributed by atoms with van der Waals surface area (Å²) in [6.07, 6.45) is 1.92. The number of hydrogen-bond donors (Lipinski definition) is 1. The van der Waals surface area contributed by atoms with Gasteiger partial charge in [0.2, 0.25) is 5.79 Å². The van der Waals surface area contributed by atoms with Gasteiger partial charge in [-0.1, -0.05) is 12.1 Å². The van der Waals surface area contributed by atoms with E-state index in [1.165, 1.54) is 0 Å². The third-order valence-corrected chi connectivity index (χ3v) is 3.65. The predicted molar refractivity (Wildman–Crippen MR) is 69.4 cm³/mol. The minimum atomic E-state index is -0.986. The van der Waals surface area contributed by atoms with E-state index >= 15 is 0 Å². The first kappa shape index (κ1) is 11.7. The van der Waals surface area contributed by atoms with Gasteiger partial charge in [0.25, 0.3) is 0 Å². The van der Waals surface area contributed by atoms with Crippen molar-refractivity contribution in [2.45, 2.75) is 5.79 Å². The van der Waals surface area contributed by atoms with Gasteiger partial charge in [-0.3, -0.25) is 0 Å². The highest BCUT2D eigenvalue weighted by atomic mass is 32.1. The molecule has 1 aromatic carbocycles. The fourth-order valence-electron chi connectivity index (χ4n) is 2.12. The molecule has 1 aliphatic heterocycles. The lowest BCUT2D eigenvalue weighted by molar-refractivity contribution is -0.233. The van der Waals surface area contributed by atoms with Crippen molar-refractivity contribution in [3.05, 3.63) is 58.6 Å². The molecule has 18 heavy (non-hydrogen) atoms. The number of hydrogen-bond acceptors (Lipinski definition) is 4. The summed E-state index contributed by atoms with van der Waals surface area (Å²) in [6.45, 7) is 1.01. The Kier molecular flexibility index (Phi) is 3.07. The van der Waals surface area contributed by atoms with Gasteiger partial charge in [-0.2, -0.15) is 11.3 Å². The number of rotatable bonds is 2. The van der Waals surface area contributed by atoms with E-state index in [0.29, 0.717) is 18.8 Å². The summed E-state index contributed by atoms with van der Waals surface area (Å²) in [5, 5.41) is 14.0. The maximum Gasteiger partial charge on any atom is 0.226 e. The molecule has 4 heteroatoms. The molecule has 0 aliphatic carbocycles. The zero-order chi connectivity index (χ0) is 12.4. The summed E-state index contributed by atoms with van der Waals surface area (Å²) in [6, 6.07) is 9.10. The molecular weight excluding hydrogens is 248 g/mol. The molecule has 0 bridgehead atoms. The van der Waals surface area contributed by atoms with Gasteiger partial charge < -0.3 is 14.6 Å². The minimum Gasteiger partial charge on any atom is -0.507 e. The number of phenols is 1. The van der Waals surface area contributed by atoms with Gasteiger partial charge in [0, 0.05) is 12.0 Å². The Morgan fingerprint density at radius 1 is 1.11 bits per heavy atom. The Balaban J connectivity index is 2.14. The van der Waals surface area contributed by atoms with Gasteiger partial charge >= 0.3 is 0 Å². The zero-order valence-corrected chi connectivity index (χ0v) is 10.5. The molecule has 1 fully saturated rings. The minimum absolute atomic E-state index is 0.186. The lowest BCUT2D eigenvalue weighted by atomic mass is 9.97. The van der Waals surface area contributed by atoms with Gasteiger partial charge in [-0.25, -0.2) is 0 Å². The third-order valence-electron chi connectivity index (χ3n) is 2.97. The molecule has 3 rings (SSSR count). The smallest absolute Gasteiger partial charge is 0.226 e. The highest BCUT2D eigenvalue weighted by molar-refractivity contribution is 7.08. The van der Waals surface area contributed by atoms with E-state index in [9.17, 15) is 5.11 Å². The van der Waals surface area contributed by atoms with Crippen LogP contribution in [0.2, 0.25) is 0 Å². The fourth-order valence-corrected chi connectivity index (χ4v) is 2.81. The number of para-hydroxylation sites is 1. The second-order valence-corrected chi connectivity index (χ2v) is 4.84. The van der Waals surface area contributed by atoms with E-state index in [1.807, 2.05) is 35.4 Å². The second kappa shape index (κ2) is 4.72. The summed E-state index contributed by atoms with van der Waals surface area (Å²) in [5.41, 5.74) is 1.57. The number of benzene rings is 1. The van der Waals surface area contributed by atoms with Crippen LogP contribution in [0.3, 0.4) is 0 Å². The zero-order valence-electron chi connectivity index (χ0n) is 9.70. The van der Waals surface area contributed by atoms with Crippen molar-refractivity contribution in [3.8, 4) is 5.75 Å². The predicted octanol–water partition coefficient (Wildman–Crippen LogP) is 2.91. The van der Waals surface area contributed by atoms with E-state index in [2.05, 4.69) is 0 Å². The average molecular weight is 261 g/mol. The molecule has 1 aromatic heterocycles. The molecule has 1 saturated heterocycles. The van der Waals surface area contributed by atoms with Crippen LogP contribution in [0.15, 0.2) is 41.1 Å². The van der Waals surface area contributed by atoms with E-state index in [4.69, 9.17) is 9.47 Å². The molecule has 93 valence electrons. The van der Waals surface area contributed by atoms with Gasteiger partial charge in [0.05, 0.1) is 18.8 Å². The van der Waals surface area contributed by atoms with Crippen molar-refractivity contribution in [1.82, 2.24) is 0 Å². The maximum atomic E-state index is 10.1. The lowest BCUT2D eigenvalue weighted by Gasteiger charge is -2.37. The molecule has 0 atom stereocenters. The van der Waals surface area contributed by atoms with Crippen molar-refractivity contribution < 1.29 is 14.6 Å². The lowest BCUT2D eigenvalue weighted by Crippen LogP contribution is -2.39. The molecule has 1 N–H and O–H groups in total. The maximum absolute atomic E-state index is 10.1. The molecule has 3 nitrogen and oxygen atoms in total. The molecule has 0 amide bonds. The Bertz CT molecular complexity index is 516. The van der Waals surface area contributed by atoms with Crippen molar-refractivity contribution >= 4 is 11.3 Å². The Hall–Kier alpha value is -1.36. The fraction of sp³-hybridized carbons (Fsp3) is 0.214. The number of ether oxygens (including phenoxy) is 2. The van der Waals surface area contributed by atoms with E-state index < -0.39 is 5.79 Å². The molecule has 1 radical (unpaired) electrons. The Labute approximate surface area is 110 Å². The average Bonchev–Trinajstić information content (AvgIpc) is 2.94. The largest absolute Gasteiger partial charge is 0.507 e. The Morgan fingerprint density at radius 2 is 1.89 bits per heavy atom. The Morgan fingerprint density at radius 3 is 2.56 bits per heavy atom. The molecule has 2 aromatic rings. The number of aromatic hydroxyl groups is 1. The number of thiophene rings is 1. The molecule has 1 aliphatic rings. The first-order valence-electron chi connectivity index (χ1n) is 5.74. The van der Waals surface area contributed by atoms with Crippen LogP contribution in [0.5, 0.6) is 5.75 Å². The standard InChI is InChI=1S/C14H13O3S/c15-13-5-2-1-4-12(13)14(11-6-9-18-10-11)16-7-3-8-17-14/h1-6,9-10,15H,7-8H2. The van der Waals surface area contributed by atoms with Crippen LogP contribution in [-0.4, -0.2) is 18.3 Å². The SMILES string of the molecule is Oc1ccccc1C1(c2ccsc2)OC[CH]CO1. The summed E-state index contributed by atoms with van der Waals surface area (Å²) >= 11 is 1.58. The summed E-state index contributed by atoms with van der Waals surface area (Å²) in [7, 11) is 0. The summed E-state index contributed by atoms with van der Waals surface area (Å²) in [5.74, 6) is -0.800. The van der Waals surface area contributed by atoms with Crippen molar-refractivity contribution in [2.24, 2.45) is 0 Å². The third kappa shape index (κ3) is 1.82. The molecule has 0 saturated carbocycles. The van der Waals surface area contributed by atoms with E-state index in [0.717, 1.165) is 5.56 Å². The van der Waals surface area contributed by atoms with E-state index in [-0.39, 0.29) is 5.75 Å². The van der Waals surface area contributed by atoms with Crippen molar-refractivity contribution in [1.29, 1.82) is 0 Å². The molecular formula is C14H13O3S. The highest BCUT2D eigenvalue weighted by Gasteiger charge is 2.41. The quantitative estimate of drug-likeness (QED) is 0.903. The van der Waals surface area contributed by atoms with Crippen LogP contribution in [-0.2, 0) is 15.3 Å². The van der Waals surface area contributed by atoms with Crippen LogP contribution >= 0.6 is 11.3 Å². The molecule has 0 unspecified atom stereocenters. The van der Waals surface area contributed by atoms with Gasteiger partial charge in [0.1, 0.15) is 5.75 Å². The van der Waals surface area contributed by atoms with E-state index in [1.54, 1.807) is 23.5 Å². The van der Waals surface area contributed by atoms with Gasteiger partial charge in [-0.15, -0.1) is 0 Å². The first-order chi connectivity index (χ1) is 8.83. The first-order valence-corrected chi connectivity index (χ1v) is 6.68. The summed E-state index contributed by atoms with van der Waals surface area (Å²) in [4.78, 5) is 0. The van der Waals surface area contributed by atoms with Gasteiger partial charge in [0.15, 0.2) is 0 Å². The van der Waals surface area contributed by atoms with Crippen molar-refractivity contribution in [3.63, 3.8) is 0 Å². The second-order valence-electron chi connectivity index (χ2n) is 4.06. The normalized spacial score (nSPS) is 18.7. The molecule has 0 spiro atoms. The van der Waals surface area contributed by atoms with Gasteiger partial charge in [-0.05, 0) is 29.0 Å².